The highest BCUT2D eigenvalue weighted by atomic mass is 16.5. The predicted molar refractivity (Wildman–Crippen MR) is 145 cm³/mol. The van der Waals surface area contributed by atoms with Gasteiger partial charge in [0.25, 0.3) is 0 Å². The van der Waals surface area contributed by atoms with Crippen molar-refractivity contribution >= 4 is 28.5 Å². The lowest BCUT2D eigenvalue weighted by atomic mass is 10.1. The maximum absolute atomic E-state index is 12.6. The van der Waals surface area contributed by atoms with Gasteiger partial charge in [-0.25, -0.2) is 0 Å². The Morgan fingerprint density at radius 1 is 1.15 bits per heavy atom. The van der Waals surface area contributed by atoms with Crippen molar-refractivity contribution in [3.63, 3.8) is 0 Å². The summed E-state index contributed by atoms with van der Waals surface area (Å²) >= 11 is 0. The summed E-state index contributed by atoms with van der Waals surface area (Å²) in [5.74, 6) is -0.00630. The van der Waals surface area contributed by atoms with Gasteiger partial charge in [0.1, 0.15) is 18.4 Å². The van der Waals surface area contributed by atoms with Gasteiger partial charge in [-0.15, -0.1) is 0 Å². The molecule has 2 saturated heterocycles. The molecule has 1 aromatic heterocycles. The molecular formula is C29H34N4O6. The lowest BCUT2D eigenvalue weighted by molar-refractivity contribution is -0.135. The average Bonchev–Trinajstić information content (AvgIpc) is 3.24. The second-order valence-corrected chi connectivity index (χ2v) is 10.1. The first-order valence-corrected chi connectivity index (χ1v) is 13.3. The SMILES string of the molecule is Cc1cc(CC(=O)NCc2ccc3c(O)n(C4CCC(=O)NC4=O)cc3c2)ccc1OCCN1CCOCC1. The molecular weight excluding hydrogens is 500 g/mol. The molecule has 3 aromatic rings. The summed E-state index contributed by atoms with van der Waals surface area (Å²) in [6.07, 6.45) is 2.53. The van der Waals surface area contributed by atoms with Crippen LogP contribution in [0.4, 0.5) is 0 Å². The van der Waals surface area contributed by atoms with E-state index in [0.717, 1.165) is 60.7 Å². The van der Waals surface area contributed by atoms with Gasteiger partial charge < -0.3 is 24.5 Å². The molecule has 0 spiro atoms. The minimum atomic E-state index is -0.636. The molecule has 3 heterocycles. The van der Waals surface area contributed by atoms with Crippen molar-refractivity contribution in [3.05, 3.63) is 59.3 Å². The topological polar surface area (TPSA) is 122 Å². The van der Waals surface area contributed by atoms with Crippen LogP contribution in [0.15, 0.2) is 42.6 Å². The molecule has 1 atom stereocenters. The molecule has 1 unspecified atom stereocenters. The van der Waals surface area contributed by atoms with Gasteiger partial charge in [-0.3, -0.25) is 24.6 Å². The van der Waals surface area contributed by atoms with Crippen molar-refractivity contribution in [2.75, 3.05) is 39.5 Å². The summed E-state index contributed by atoms with van der Waals surface area (Å²) in [5.41, 5.74) is 2.77. The molecule has 3 amide bonds. The highest BCUT2D eigenvalue weighted by molar-refractivity contribution is 6.00. The number of ether oxygens (including phenoxy) is 2. The van der Waals surface area contributed by atoms with Crippen LogP contribution in [0.1, 0.15) is 35.6 Å². The zero-order valence-electron chi connectivity index (χ0n) is 22.1. The molecule has 10 heteroatoms. The normalized spacial score (nSPS) is 18.2. The van der Waals surface area contributed by atoms with Crippen molar-refractivity contribution in [1.82, 2.24) is 20.1 Å². The Hall–Kier alpha value is -3.89. The minimum absolute atomic E-state index is 0.0148. The van der Waals surface area contributed by atoms with E-state index in [2.05, 4.69) is 15.5 Å². The molecule has 2 aliphatic heterocycles. The van der Waals surface area contributed by atoms with Crippen LogP contribution in [0, 0.1) is 6.92 Å². The van der Waals surface area contributed by atoms with E-state index >= 15 is 0 Å². The number of hydrogen-bond acceptors (Lipinski definition) is 7. The molecule has 206 valence electrons. The largest absolute Gasteiger partial charge is 0.494 e. The van der Waals surface area contributed by atoms with Gasteiger partial charge in [0.15, 0.2) is 5.88 Å². The molecule has 0 bridgehead atoms. The van der Waals surface area contributed by atoms with Crippen LogP contribution in [-0.2, 0) is 32.1 Å². The smallest absolute Gasteiger partial charge is 0.249 e. The van der Waals surface area contributed by atoms with Crippen LogP contribution < -0.4 is 15.4 Å². The van der Waals surface area contributed by atoms with Crippen LogP contribution in [0.5, 0.6) is 11.6 Å². The molecule has 2 aliphatic rings. The number of benzene rings is 2. The second-order valence-electron chi connectivity index (χ2n) is 10.1. The summed E-state index contributed by atoms with van der Waals surface area (Å²) in [6, 6.07) is 10.7. The molecule has 0 aliphatic carbocycles. The standard InChI is InChI=1S/C29H34N4O6/c1-19-14-20(3-6-25(19)39-13-10-32-8-11-38-12-9-32)16-27(35)30-17-21-2-4-23-22(15-21)18-33(29(23)37)24-5-7-26(34)31-28(24)36/h2-4,6,14-15,18,24,37H,5,7-13,16-17H2,1H3,(H,30,35)(H,31,34,36). The number of aromatic hydroxyl groups is 1. The number of carbonyl (C=O) groups is 3. The monoisotopic (exact) mass is 534 g/mol. The van der Waals surface area contributed by atoms with E-state index in [0.29, 0.717) is 25.0 Å². The quantitative estimate of drug-likeness (QED) is 0.360. The Morgan fingerprint density at radius 2 is 1.95 bits per heavy atom. The summed E-state index contributed by atoms with van der Waals surface area (Å²) in [7, 11) is 0. The van der Waals surface area contributed by atoms with Crippen LogP contribution >= 0.6 is 0 Å². The molecule has 3 N–H and O–H groups in total. The molecule has 39 heavy (non-hydrogen) atoms. The lowest BCUT2D eigenvalue weighted by Crippen LogP contribution is -2.41. The van der Waals surface area contributed by atoms with Gasteiger partial charge in [-0.2, -0.15) is 0 Å². The number of hydrogen-bond donors (Lipinski definition) is 3. The minimum Gasteiger partial charge on any atom is -0.494 e. The van der Waals surface area contributed by atoms with Gasteiger partial charge in [0.2, 0.25) is 17.7 Å². The number of rotatable bonds is 9. The van der Waals surface area contributed by atoms with E-state index < -0.39 is 11.9 Å². The molecule has 2 aromatic carbocycles. The fraction of sp³-hybridized carbons (Fsp3) is 0.414. The highest BCUT2D eigenvalue weighted by Crippen LogP contribution is 2.33. The number of nitrogens with zero attached hydrogens (tertiary/aromatic N) is 2. The average molecular weight is 535 g/mol. The third-order valence-electron chi connectivity index (χ3n) is 7.29. The Labute approximate surface area is 226 Å². The zero-order valence-corrected chi connectivity index (χ0v) is 22.1. The molecule has 10 nitrogen and oxygen atoms in total. The Balaban J connectivity index is 1.14. The first-order valence-electron chi connectivity index (χ1n) is 13.3. The van der Waals surface area contributed by atoms with E-state index in [1.165, 1.54) is 4.57 Å². The zero-order chi connectivity index (χ0) is 27.4. The molecule has 0 radical (unpaired) electrons. The first-order chi connectivity index (χ1) is 18.9. The number of imide groups is 1. The summed E-state index contributed by atoms with van der Waals surface area (Å²) in [6.45, 7) is 7.19. The Kier molecular flexibility index (Phi) is 8.13. The number of morpholine rings is 1. The number of fused-ring (bicyclic) bond motifs is 1. The van der Waals surface area contributed by atoms with E-state index in [4.69, 9.17) is 9.47 Å². The van der Waals surface area contributed by atoms with Crippen molar-refractivity contribution in [3.8, 4) is 11.6 Å². The maximum atomic E-state index is 12.6. The number of aryl methyl sites for hydroxylation is 1. The van der Waals surface area contributed by atoms with Crippen molar-refractivity contribution in [2.24, 2.45) is 0 Å². The number of carbonyl (C=O) groups excluding carboxylic acids is 3. The van der Waals surface area contributed by atoms with Crippen LogP contribution in [0.2, 0.25) is 0 Å². The third-order valence-corrected chi connectivity index (χ3v) is 7.29. The van der Waals surface area contributed by atoms with Crippen LogP contribution in [0.3, 0.4) is 0 Å². The van der Waals surface area contributed by atoms with E-state index in [9.17, 15) is 19.5 Å². The van der Waals surface area contributed by atoms with Crippen molar-refractivity contribution < 1.29 is 29.0 Å². The molecule has 0 saturated carbocycles. The van der Waals surface area contributed by atoms with Gasteiger partial charge in [-0.1, -0.05) is 18.2 Å². The van der Waals surface area contributed by atoms with Gasteiger partial charge in [-0.05, 0) is 48.2 Å². The van der Waals surface area contributed by atoms with Crippen molar-refractivity contribution in [1.29, 1.82) is 0 Å². The predicted octanol–water partition coefficient (Wildman–Crippen LogP) is 2.20. The lowest BCUT2D eigenvalue weighted by Gasteiger charge is -2.26. The molecule has 2 fully saturated rings. The van der Waals surface area contributed by atoms with E-state index in [1.807, 2.05) is 37.3 Å². The first kappa shape index (κ1) is 26.7. The summed E-state index contributed by atoms with van der Waals surface area (Å²) < 4.78 is 12.8. The van der Waals surface area contributed by atoms with Crippen LogP contribution in [0.25, 0.3) is 10.8 Å². The van der Waals surface area contributed by atoms with Crippen molar-refractivity contribution in [2.45, 2.75) is 38.8 Å². The maximum Gasteiger partial charge on any atom is 0.249 e. The number of amides is 3. The number of piperidine rings is 1. The van der Waals surface area contributed by atoms with E-state index in [1.54, 1.807) is 12.3 Å². The number of aromatic nitrogens is 1. The summed E-state index contributed by atoms with van der Waals surface area (Å²) in [4.78, 5) is 38.7. The Morgan fingerprint density at radius 3 is 2.72 bits per heavy atom. The van der Waals surface area contributed by atoms with Gasteiger partial charge in [0, 0.05) is 49.6 Å². The number of nitrogens with one attached hydrogen (secondary N) is 2. The fourth-order valence-corrected chi connectivity index (χ4v) is 5.11. The fourth-order valence-electron chi connectivity index (χ4n) is 5.11. The second kappa shape index (κ2) is 11.9. The van der Waals surface area contributed by atoms with E-state index in [-0.39, 0.29) is 30.5 Å². The third kappa shape index (κ3) is 6.40. The molecule has 5 rings (SSSR count). The van der Waals surface area contributed by atoms with Crippen LogP contribution in [-0.4, -0.2) is 71.7 Å². The Bertz CT molecular complexity index is 1380. The highest BCUT2D eigenvalue weighted by Gasteiger charge is 2.30. The van der Waals surface area contributed by atoms with Gasteiger partial charge in [0.05, 0.1) is 19.6 Å². The van der Waals surface area contributed by atoms with Gasteiger partial charge >= 0.3 is 0 Å². The summed E-state index contributed by atoms with van der Waals surface area (Å²) in [5, 5.41) is 17.3.